The molecule has 0 radical (unpaired) electrons. The summed E-state index contributed by atoms with van der Waals surface area (Å²) in [5, 5.41) is 3.55. The number of carbonyl (C=O) groups is 1. The third-order valence-corrected chi connectivity index (χ3v) is 4.75. The van der Waals surface area contributed by atoms with Crippen molar-refractivity contribution in [3.05, 3.63) is 53.3 Å². The summed E-state index contributed by atoms with van der Waals surface area (Å²) >= 11 is 5.99. The number of fused-ring (bicyclic) bond motifs is 1. The van der Waals surface area contributed by atoms with Gasteiger partial charge in [-0.2, -0.15) is 0 Å². The molecule has 1 atom stereocenters. The molecule has 0 aliphatic heterocycles. The predicted molar refractivity (Wildman–Crippen MR) is 112 cm³/mol. The fraction of sp³-hybridized carbons (Fsp3) is 0.333. The van der Waals surface area contributed by atoms with Crippen molar-refractivity contribution in [1.29, 1.82) is 0 Å². The number of rotatable bonds is 8. The first-order valence-corrected chi connectivity index (χ1v) is 9.73. The molecule has 6 nitrogen and oxygen atoms in total. The third kappa shape index (κ3) is 4.70. The van der Waals surface area contributed by atoms with E-state index in [-0.39, 0.29) is 5.91 Å². The van der Waals surface area contributed by atoms with Crippen LogP contribution in [0.1, 0.15) is 19.7 Å². The second-order valence-corrected chi connectivity index (χ2v) is 7.03. The number of amides is 1. The van der Waals surface area contributed by atoms with Gasteiger partial charge in [0.1, 0.15) is 5.82 Å². The molecular formula is C21H25ClN4O2. The van der Waals surface area contributed by atoms with E-state index in [1.54, 1.807) is 6.92 Å². The maximum Gasteiger partial charge on any atom is 0.237 e. The van der Waals surface area contributed by atoms with Crippen LogP contribution in [0.2, 0.25) is 5.02 Å². The highest BCUT2D eigenvalue weighted by molar-refractivity contribution is 6.30. The summed E-state index contributed by atoms with van der Waals surface area (Å²) in [5.41, 5.74) is 9.64. The van der Waals surface area contributed by atoms with Crippen molar-refractivity contribution in [2.75, 3.05) is 13.2 Å². The standard InChI is InChI=1S/C21H25ClN4O2/c1-3-28-11-10-26-19-9-6-16(15-4-7-17(22)8-5-15)12-18(19)25-20(26)13-24-21(27)14(2)23/h4-9,12,14H,3,10-11,13,23H2,1-2H3,(H,24,27)/t14-/m0/s1. The molecule has 2 aromatic carbocycles. The fourth-order valence-corrected chi connectivity index (χ4v) is 3.14. The summed E-state index contributed by atoms with van der Waals surface area (Å²) < 4.78 is 7.59. The van der Waals surface area contributed by atoms with E-state index in [1.165, 1.54) is 0 Å². The molecule has 148 valence electrons. The van der Waals surface area contributed by atoms with Crippen molar-refractivity contribution in [2.45, 2.75) is 33.0 Å². The number of nitrogens with one attached hydrogen (secondary N) is 1. The van der Waals surface area contributed by atoms with Crippen LogP contribution in [0.5, 0.6) is 0 Å². The molecule has 7 heteroatoms. The Morgan fingerprint density at radius 3 is 2.64 bits per heavy atom. The van der Waals surface area contributed by atoms with Gasteiger partial charge in [-0.25, -0.2) is 4.98 Å². The SMILES string of the molecule is CCOCCn1c(CNC(=O)[C@H](C)N)nc2cc(-c3ccc(Cl)cc3)ccc21. The average molecular weight is 401 g/mol. The molecule has 0 aliphatic carbocycles. The Balaban J connectivity index is 1.93. The topological polar surface area (TPSA) is 82.2 Å². The molecule has 3 rings (SSSR count). The van der Waals surface area contributed by atoms with E-state index in [9.17, 15) is 4.79 Å². The van der Waals surface area contributed by atoms with Crippen LogP contribution in [0, 0.1) is 0 Å². The first kappa shape index (κ1) is 20.3. The molecule has 3 N–H and O–H groups in total. The number of hydrogen-bond donors (Lipinski definition) is 2. The second-order valence-electron chi connectivity index (χ2n) is 6.59. The van der Waals surface area contributed by atoms with Crippen LogP contribution in [-0.2, 0) is 22.6 Å². The van der Waals surface area contributed by atoms with Crippen LogP contribution >= 0.6 is 11.6 Å². The summed E-state index contributed by atoms with van der Waals surface area (Å²) in [6.07, 6.45) is 0. The Kier molecular flexibility index (Phi) is 6.67. The number of benzene rings is 2. The van der Waals surface area contributed by atoms with Gasteiger partial charge >= 0.3 is 0 Å². The maximum atomic E-state index is 11.9. The minimum absolute atomic E-state index is 0.203. The quantitative estimate of drug-likeness (QED) is 0.568. The van der Waals surface area contributed by atoms with Gasteiger partial charge in [-0.15, -0.1) is 0 Å². The molecule has 0 aliphatic rings. The van der Waals surface area contributed by atoms with E-state index in [2.05, 4.69) is 22.0 Å². The van der Waals surface area contributed by atoms with Gasteiger partial charge in [0.2, 0.25) is 5.91 Å². The lowest BCUT2D eigenvalue weighted by atomic mass is 10.1. The zero-order valence-electron chi connectivity index (χ0n) is 16.1. The highest BCUT2D eigenvalue weighted by Crippen LogP contribution is 2.26. The summed E-state index contributed by atoms with van der Waals surface area (Å²) in [7, 11) is 0. The molecule has 0 fully saturated rings. The first-order valence-electron chi connectivity index (χ1n) is 9.35. The number of carbonyl (C=O) groups excluding carboxylic acids is 1. The van der Waals surface area contributed by atoms with E-state index in [0.29, 0.717) is 31.3 Å². The van der Waals surface area contributed by atoms with Gasteiger partial charge in [0.05, 0.1) is 30.2 Å². The summed E-state index contributed by atoms with van der Waals surface area (Å²) in [4.78, 5) is 16.6. The van der Waals surface area contributed by atoms with Crippen molar-refractivity contribution in [1.82, 2.24) is 14.9 Å². The van der Waals surface area contributed by atoms with E-state index < -0.39 is 6.04 Å². The minimum atomic E-state index is -0.558. The molecule has 0 spiro atoms. The Morgan fingerprint density at radius 1 is 1.25 bits per heavy atom. The Labute approximate surface area is 169 Å². The summed E-state index contributed by atoms with van der Waals surface area (Å²) in [6, 6.07) is 13.3. The van der Waals surface area contributed by atoms with E-state index in [1.807, 2.05) is 37.3 Å². The van der Waals surface area contributed by atoms with Crippen molar-refractivity contribution in [3.8, 4) is 11.1 Å². The van der Waals surface area contributed by atoms with Crippen molar-refractivity contribution in [2.24, 2.45) is 5.73 Å². The second kappa shape index (κ2) is 9.19. The van der Waals surface area contributed by atoms with Crippen LogP contribution in [0.15, 0.2) is 42.5 Å². The molecule has 0 bridgehead atoms. The van der Waals surface area contributed by atoms with Gasteiger partial charge in [-0.05, 0) is 49.2 Å². The predicted octanol–water partition coefficient (Wildman–Crippen LogP) is 3.36. The lowest BCUT2D eigenvalue weighted by Crippen LogP contribution is -2.38. The number of hydrogen-bond acceptors (Lipinski definition) is 4. The number of ether oxygens (including phenoxy) is 1. The van der Waals surface area contributed by atoms with Gasteiger partial charge in [0, 0.05) is 18.2 Å². The average Bonchev–Trinajstić information content (AvgIpc) is 3.03. The van der Waals surface area contributed by atoms with Crippen LogP contribution in [0.3, 0.4) is 0 Å². The molecule has 28 heavy (non-hydrogen) atoms. The molecule has 1 heterocycles. The van der Waals surface area contributed by atoms with Gasteiger partial charge in [-0.3, -0.25) is 4.79 Å². The highest BCUT2D eigenvalue weighted by atomic mass is 35.5. The van der Waals surface area contributed by atoms with Crippen molar-refractivity contribution >= 4 is 28.5 Å². The number of nitrogens with two attached hydrogens (primary N) is 1. The van der Waals surface area contributed by atoms with Crippen molar-refractivity contribution < 1.29 is 9.53 Å². The number of aromatic nitrogens is 2. The zero-order valence-corrected chi connectivity index (χ0v) is 16.9. The van der Waals surface area contributed by atoms with E-state index in [0.717, 1.165) is 28.0 Å². The maximum absolute atomic E-state index is 11.9. The van der Waals surface area contributed by atoms with Crippen LogP contribution in [-0.4, -0.2) is 34.7 Å². The highest BCUT2D eigenvalue weighted by Gasteiger charge is 2.14. The van der Waals surface area contributed by atoms with Crippen LogP contribution in [0.25, 0.3) is 22.2 Å². The minimum Gasteiger partial charge on any atom is -0.380 e. The Bertz CT molecular complexity index is 951. The first-order chi connectivity index (χ1) is 13.5. The number of imidazole rings is 1. The largest absolute Gasteiger partial charge is 0.380 e. The van der Waals surface area contributed by atoms with Gasteiger partial charge in [0.25, 0.3) is 0 Å². The Hall–Kier alpha value is -2.41. The lowest BCUT2D eigenvalue weighted by molar-refractivity contribution is -0.122. The molecule has 0 unspecified atom stereocenters. The summed E-state index contributed by atoms with van der Waals surface area (Å²) in [6.45, 7) is 5.84. The summed E-state index contributed by atoms with van der Waals surface area (Å²) in [5.74, 6) is 0.572. The van der Waals surface area contributed by atoms with Crippen LogP contribution < -0.4 is 11.1 Å². The third-order valence-electron chi connectivity index (χ3n) is 4.50. The Morgan fingerprint density at radius 2 is 1.96 bits per heavy atom. The molecule has 1 aromatic heterocycles. The zero-order chi connectivity index (χ0) is 20.1. The van der Waals surface area contributed by atoms with E-state index >= 15 is 0 Å². The molecule has 1 amide bonds. The fourth-order valence-electron chi connectivity index (χ4n) is 3.01. The van der Waals surface area contributed by atoms with Gasteiger partial charge in [0.15, 0.2) is 0 Å². The van der Waals surface area contributed by atoms with E-state index in [4.69, 9.17) is 27.1 Å². The normalized spacial score (nSPS) is 12.3. The van der Waals surface area contributed by atoms with Crippen molar-refractivity contribution in [3.63, 3.8) is 0 Å². The lowest BCUT2D eigenvalue weighted by Gasteiger charge is -2.11. The molecule has 0 saturated heterocycles. The molecule has 0 saturated carbocycles. The van der Waals surface area contributed by atoms with Gasteiger partial charge in [-0.1, -0.05) is 29.8 Å². The van der Waals surface area contributed by atoms with Gasteiger partial charge < -0.3 is 20.4 Å². The molecule has 3 aromatic rings. The monoisotopic (exact) mass is 400 g/mol. The number of nitrogens with zero attached hydrogens (tertiary/aromatic N) is 2. The molecular weight excluding hydrogens is 376 g/mol. The smallest absolute Gasteiger partial charge is 0.237 e. The van der Waals surface area contributed by atoms with Crippen LogP contribution in [0.4, 0.5) is 0 Å². The number of halogens is 1.